The molecule has 0 spiro atoms. The van der Waals surface area contributed by atoms with Crippen LogP contribution < -0.4 is 33.2 Å². The number of carbonyl (C=O) groups is 4. The molecule has 0 aliphatic rings. The molecule has 35 heavy (non-hydrogen) atoms. The number of carbonyl (C=O) groups excluding carboxylic acids is 3. The Hall–Kier alpha value is -3.68. The zero-order valence-electron chi connectivity index (χ0n) is 20.3. The van der Waals surface area contributed by atoms with E-state index in [9.17, 15) is 24.3 Å². The van der Waals surface area contributed by atoms with Gasteiger partial charge in [-0.1, -0.05) is 20.3 Å². The Bertz CT molecular complexity index is 869. The molecule has 0 saturated heterocycles. The maximum atomic E-state index is 13.1. The third-order valence-electron chi connectivity index (χ3n) is 5.38. The van der Waals surface area contributed by atoms with E-state index in [-0.39, 0.29) is 31.3 Å². The van der Waals surface area contributed by atoms with Crippen LogP contribution in [-0.2, 0) is 25.6 Å². The summed E-state index contributed by atoms with van der Waals surface area (Å²) >= 11 is 0. The largest absolute Gasteiger partial charge is 0.480 e. The Morgan fingerprint density at radius 2 is 1.74 bits per heavy atom. The molecule has 0 aliphatic heterocycles. The first kappa shape index (κ1) is 29.4. The van der Waals surface area contributed by atoms with Gasteiger partial charge in [-0.15, -0.1) is 0 Å². The molecule has 1 heterocycles. The van der Waals surface area contributed by atoms with Crippen molar-refractivity contribution < 1.29 is 24.3 Å². The number of rotatable bonds is 15. The predicted octanol–water partition coefficient (Wildman–Crippen LogP) is -2.06. The summed E-state index contributed by atoms with van der Waals surface area (Å²) in [4.78, 5) is 60.5. The Morgan fingerprint density at radius 1 is 1.09 bits per heavy atom. The van der Waals surface area contributed by atoms with Crippen molar-refractivity contribution in [2.75, 3.05) is 6.54 Å². The van der Waals surface area contributed by atoms with E-state index in [0.717, 1.165) is 0 Å². The zero-order valence-corrected chi connectivity index (χ0v) is 20.3. The first-order valence-corrected chi connectivity index (χ1v) is 11.4. The Balaban J connectivity index is 2.98. The average Bonchev–Trinajstić information content (AvgIpc) is 3.30. The van der Waals surface area contributed by atoms with Gasteiger partial charge in [-0.2, -0.15) is 0 Å². The van der Waals surface area contributed by atoms with Gasteiger partial charge in [0.25, 0.3) is 0 Å². The van der Waals surface area contributed by atoms with E-state index in [1.807, 2.05) is 6.92 Å². The maximum absolute atomic E-state index is 13.1. The van der Waals surface area contributed by atoms with E-state index in [1.165, 1.54) is 19.4 Å². The lowest BCUT2D eigenvalue weighted by molar-refractivity contribution is -0.142. The topological polar surface area (TPSA) is 244 Å². The molecule has 3 amide bonds. The number of H-pyrrole nitrogens is 1. The first-order chi connectivity index (χ1) is 16.5. The fourth-order valence-electron chi connectivity index (χ4n) is 3.11. The highest BCUT2D eigenvalue weighted by Gasteiger charge is 2.32. The van der Waals surface area contributed by atoms with Crippen molar-refractivity contribution in [1.29, 1.82) is 0 Å². The molecule has 14 heteroatoms. The summed E-state index contributed by atoms with van der Waals surface area (Å²) in [5.41, 5.74) is 16.7. The number of aliphatic carboxylic acids is 1. The number of hydrogen-bond acceptors (Lipinski definition) is 7. The molecule has 11 N–H and O–H groups in total. The third kappa shape index (κ3) is 10.4. The number of aromatic nitrogens is 2. The highest BCUT2D eigenvalue weighted by atomic mass is 16.4. The summed E-state index contributed by atoms with van der Waals surface area (Å²) in [6.07, 6.45) is 3.97. The van der Waals surface area contributed by atoms with Gasteiger partial charge in [-0.3, -0.25) is 19.4 Å². The number of aromatic amines is 1. The Kier molecular flexibility index (Phi) is 12.2. The van der Waals surface area contributed by atoms with Crippen LogP contribution in [0.25, 0.3) is 0 Å². The molecule has 0 saturated carbocycles. The van der Waals surface area contributed by atoms with Gasteiger partial charge in [-0.25, -0.2) is 9.78 Å². The summed E-state index contributed by atoms with van der Waals surface area (Å²) in [7, 11) is 0. The van der Waals surface area contributed by atoms with E-state index in [0.29, 0.717) is 18.5 Å². The second kappa shape index (κ2) is 14.6. The summed E-state index contributed by atoms with van der Waals surface area (Å²) < 4.78 is 0. The minimum atomic E-state index is -1.22. The molecule has 0 fully saturated rings. The summed E-state index contributed by atoms with van der Waals surface area (Å²) in [6.45, 7) is 5.28. The van der Waals surface area contributed by atoms with Crippen molar-refractivity contribution in [2.24, 2.45) is 28.1 Å². The zero-order chi connectivity index (χ0) is 26.5. The van der Waals surface area contributed by atoms with Gasteiger partial charge >= 0.3 is 5.97 Å². The normalized spacial score (nSPS) is 15.1. The Labute approximate surface area is 203 Å². The molecule has 0 radical (unpaired) electrons. The fourth-order valence-corrected chi connectivity index (χ4v) is 3.11. The standard InChI is InChI=1S/C21H37N9O5/c1-4-11(2)16(19(33)28-14(20(34)35)6-5-7-26-21(23)24)30-18(32)15(29-17(31)12(3)22)8-13-9-25-10-27-13/h9-12,14-16H,4-8,22H2,1-3H3,(H,25,27)(H,28,33)(H,29,31)(H,30,32)(H,34,35)(H4,23,24,26). The molecule has 0 bridgehead atoms. The van der Waals surface area contributed by atoms with E-state index in [2.05, 4.69) is 30.9 Å². The van der Waals surface area contributed by atoms with Gasteiger partial charge in [0.2, 0.25) is 17.7 Å². The van der Waals surface area contributed by atoms with Crippen molar-refractivity contribution >= 4 is 29.7 Å². The predicted molar refractivity (Wildman–Crippen MR) is 129 cm³/mol. The van der Waals surface area contributed by atoms with Gasteiger partial charge in [0.15, 0.2) is 5.96 Å². The first-order valence-electron chi connectivity index (χ1n) is 11.4. The van der Waals surface area contributed by atoms with Gasteiger partial charge in [0.05, 0.1) is 12.4 Å². The molecule has 1 aromatic heterocycles. The van der Waals surface area contributed by atoms with Gasteiger partial charge in [-0.05, 0) is 25.7 Å². The lowest BCUT2D eigenvalue weighted by Gasteiger charge is -2.28. The molecule has 1 aromatic rings. The smallest absolute Gasteiger partial charge is 0.326 e. The van der Waals surface area contributed by atoms with Crippen molar-refractivity contribution in [3.63, 3.8) is 0 Å². The van der Waals surface area contributed by atoms with Gasteiger partial charge < -0.3 is 43.2 Å². The lowest BCUT2D eigenvalue weighted by Crippen LogP contribution is -2.59. The fraction of sp³-hybridized carbons (Fsp3) is 0.619. The van der Waals surface area contributed by atoms with Crippen LogP contribution in [-0.4, -0.2) is 75.4 Å². The third-order valence-corrected chi connectivity index (χ3v) is 5.38. The van der Waals surface area contributed by atoms with Crippen LogP contribution in [0.15, 0.2) is 17.5 Å². The van der Waals surface area contributed by atoms with Crippen LogP contribution in [0.1, 0.15) is 45.7 Å². The van der Waals surface area contributed by atoms with Crippen molar-refractivity contribution in [2.45, 2.75) is 70.6 Å². The molecule has 5 atom stereocenters. The van der Waals surface area contributed by atoms with Gasteiger partial charge in [0.1, 0.15) is 18.1 Å². The highest BCUT2D eigenvalue weighted by molar-refractivity contribution is 5.94. The van der Waals surface area contributed by atoms with Crippen LogP contribution >= 0.6 is 0 Å². The molecular weight excluding hydrogens is 458 g/mol. The van der Waals surface area contributed by atoms with Crippen molar-refractivity contribution in [3.8, 4) is 0 Å². The number of guanidine groups is 1. The maximum Gasteiger partial charge on any atom is 0.326 e. The number of imidazole rings is 1. The summed E-state index contributed by atoms with van der Waals surface area (Å²) in [5.74, 6) is -3.47. The molecule has 0 aromatic carbocycles. The second-order valence-electron chi connectivity index (χ2n) is 8.35. The summed E-state index contributed by atoms with van der Waals surface area (Å²) in [5, 5.41) is 17.2. The van der Waals surface area contributed by atoms with E-state index in [4.69, 9.17) is 17.2 Å². The molecule has 14 nitrogen and oxygen atoms in total. The molecule has 196 valence electrons. The molecule has 1 rings (SSSR count). The number of carboxylic acid groups (broad SMARTS) is 1. The molecular formula is C21H37N9O5. The van der Waals surface area contributed by atoms with Crippen LogP contribution in [0, 0.1) is 5.92 Å². The van der Waals surface area contributed by atoms with Crippen LogP contribution in [0.2, 0.25) is 0 Å². The minimum Gasteiger partial charge on any atom is -0.480 e. The van der Waals surface area contributed by atoms with Crippen molar-refractivity contribution in [1.82, 2.24) is 25.9 Å². The average molecular weight is 496 g/mol. The lowest BCUT2D eigenvalue weighted by atomic mass is 9.97. The van der Waals surface area contributed by atoms with E-state index in [1.54, 1.807) is 6.92 Å². The van der Waals surface area contributed by atoms with Crippen molar-refractivity contribution in [3.05, 3.63) is 18.2 Å². The van der Waals surface area contributed by atoms with Crippen LogP contribution in [0.4, 0.5) is 0 Å². The minimum absolute atomic E-state index is 0.0850. The van der Waals surface area contributed by atoms with E-state index >= 15 is 0 Å². The SMILES string of the molecule is CCC(C)C(NC(=O)C(Cc1cnc[nH]1)NC(=O)C(C)N)C(=O)NC(CCCN=C(N)N)C(=O)O. The number of nitrogens with one attached hydrogen (secondary N) is 4. The van der Waals surface area contributed by atoms with Crippen LogP contribution in [0.5, 0.6) is 0 Å². The van der Waals surface area contributed by atoms with Crippen LogP contribution in [0.3, 0.4) is 0 Å². The second-order valence-corrected chi connectivity index (χ2v) is 8.35. The number of hydrogen-bond donors (Lipinski definition) is 8. The number of amides is 3. The molecule has 5 unspecified atom stereocenters. The number of carboxylic acids is 1. The van der Waals surface area contributed by atoms with E-state index < -0.39 is 47.9 Å². The Morgan fingerprint density at radius 3 is 2.26 bits per heavy atom. The van der Waals surface area contributed by atoms with Gasteiger partial charge in [0, 0.05) is 24.9 Å². The monoisotopic (exact) mass is 495 g/mol. The summed E-state index contributed by atoms with van der Waals surface area (Å²) in [6, 6.07) is -4.12. The highest BCUT2D eigenvalue weighted by Crippen LogP contribution is 2.11. The quantitative estimate of drug-likeness (QED) is 0.0756. The number of aliphatic imine (C=N–C) groups is 1. The number of nitrogens with zero attached hydrogens (tertiary/aromatic N) is 2. The molecule has 0 aliphatic carbocycles. The number of nitrogens with two attached hydrogens (primary N) is 3.